The molecule has 86 valence electrons. The maximum Gasteiger partial charge on any atom is 0.260 e. The topological polar surface area (TPSA) is 86.3 Å². The van der Waals surface area contributed by atoms with E-state index in [1.54, 1.807) is 13.8 Å². The van der Waals surface area contributed by atoms with Crippen LogP contribution in [-0.4, -0.2) is 41.1 Å². The van der Waals surface area contributed by atoms with Gasteiger partial charge in [0.15, 0.2) is 5.03 Å². The van der Waals surface area contributed by atoms with E-state index in [1.165, 1.54) is 17.5 Å². The molecule has 1 aromatic rings. The zero-order valence-corrected chi connectivity index (χ0v) is 9.74. The molecule has 15 heavy (non-hydrogen) atoms. The van der Waals surface area contributed by atoms with Gasteiger partial charge in [-0.2, -0.15) is 9.40 Å². The second-order valence-corrected chi connectivity index (χ2v) is 5.43. The van der Waals surface area contributed by atoms with E-state index in [2.05, 4.69) is 10.2 Å². The number of H-pyrrole nitrogens is 1. The molecule has 0 saturated heterocycles. The molecule has 2 N–H and O–H groups in total. The lowest BCUT2D eigenvalue weighted by Crippen LogP contribution is -2.33. The van der Waals surface area contributed by atoms with Crippen molar-refractivity contribution in [2.75, 3.05) is 7.05 Å². The first-order chi connectivity index (χ1) is 6.91. The van der Waals surface area contributed by atoms with Crippen LogP contribution in [0.1, 0.15) is 19.4 Å². The SMILES string of the molecule is CC(C)N(C)S(=O)(=O)c1[nH]ncc1CO. The number of rotatable bonds is 4. The average Bonchev–Trinajstić information content (AvgIpc) is 2.64. The van der Waals surface area contributed by atoms with Crippen molar-refractivity contribution in [2.45, 2.75) is 31.5 Å². The van der Waals surface area contributed by atoms with Crippen molar-refractivity contribution in [3.8, 4) is 0 Å². The summed E-state index contributed by atoms with van der Waals surface area (Å²) >= 11 is 0. The van der Waals surface area contributed by atoms with E-state index < -0.39 is 10.0 Å². The van der Waals surface area contributed by atoms with Crippen LogP contribution in [-0.2, 0) is 16.6 Å². The van der Waals surface area contributed by atoms with Gasteiger partial charge in [-0.05, 0) is 13.8 Å². The molecule has 0 aromatic carbocycles. The predicted octanol–water partition coefficient (Wildman–Crippen LogP) is -0.0691. The number of aromatic nitrogens is 2. The molecular formula is C8H15N3O3S. The second kappa shape index (κ2) is 4.30. The van der Waals surface area contributed by atoms with E-state index in [0.29, 0.717) is 0 Å². The van der Waals surface area contributed by atoms with Crippen LogP contribution in [0.3, 0.4) is 0 Å². The Hall–Kier alpha value is -0.920. The van der Waals surface area contributed by atoms with Crippen molar-refractivity contribution in [1.29, 1.82) is 0 Å². The zero-order chi connectivity index (χ0) is 11.6. The lowest BCUT2D eigenvalue weighted by atomic mass is 10.4. The van der Waals surface area contributed by atoms with Crippen LogP contribution in [0.4, 0.5) is 0 Å². The van der Waals surface area contributed by atoms with Gasteiger partial charge in [0.2, 0.25) is 0 Å². The first kappa shape index (κ1) is 12.2. The molecule has 6 nitrogen and oxygen atoms in total. The molecular weight excluding hydrogens is 218 g/mol. The van der Waals surface area contributed by atoms with Gasteiger partial charge in [-0.25, -0.2) is 8.42 Å². The largest absolute Gasteiger partial charge is 0.392 e. The Labute approximate surface area is 89.0 Å². The maximum absolute atomic E-state index is 12.0. The molecule has 1 aromatic heterocycles. The lowest BCUT2D eigenvalue weighted by molar-refractivity contribution is 0.278. The number of aromatic amines is 1. The fraction of sp³-hybridized carbons (Fsp3) is 0.625. The van der Waals surface area contributed by atoms with Crippen LogP contribution in [0.2, 0.25) is 0 Å². The Morgan fingerprint density at radius 3 is 2.67 bits per heavy atom. The monoisotopic (exact) mass is 233 g/mol. The molecule has 0 radical (unpaired) electrons. The molecule has 0 fully saturated rings. The Bertz CT molecular complexity index is 424. The minimum absolute atomic E-state index is 0.0406. The third kappa shape index (κ3) is 2.19. The summed E-state index contributed by atoms with van der Waals surface area (Å²) in [5, 5.41) is 14.9. The summed E-state index contributed by atoms with van der Waals surface area (Å²) in [6.07, 6.45) is 1.31. The van der Waals surface area contributed by atoms with E-state index in [1.807, 2.05) is 0 Å². The van der Waals surface area contributed by atoms with Gasteiger partial charge in [-0.1, -0.05) is 0 Å². The van der Waals surface area contributed by atoms with Gasteiger partial charge in [-0.3, -0.25) is 5.10 Å². The van der Waals surface area contributed by atoms with Gasteiger partial charge < -0.3 is 5.11 Å². The van der Waals surface area contributed by atoms with Crippen LogP contribution in [0.5, 0.6) is 0 Å². The van der Waals surface area contributed by atoms with Gasteiger partial charge in [-0.15, -0.1) is 0 Å². The van der Waals surface area contributed by atoms with Crippen molar-refractivity contribution in [3.05, 3.63) is 11.8 Å². The summed E-state index contributed by atoms with van der Waals surface area (Å²) < 4.78 is 25.1. The van der Waals surface area contributed by atoms with E-state index >= 15 is 0 Å². The maximum atomic E-state index is 12.0. The molecule has 0 aliphatic rings. The Balaban J connectivity index is 3.17. The second-order valence-electron chi connectivity index (χ2n) is 3.50. The van der Waals surface area contributed by atoms with Crippen molar-refractivity contribution >= 4 is 10.0 Å². The predicted molar refractivity (Wildman–Crippen MR) is 54.6 cm³/mol. The van der Waals surface area contributed by atoms with Crippen LogP contribution < -0.4 is 0 Å². The molecule has 0 saturated carbocycles. The zero-order valence-electron chi connectivity index (χ0n) is 8.93. The van der Waals surface area contributed by atoms with Crippen molar-refractivity contribution in [1.82, 2.24) is 14.5 Å². The molecule has 0 amide bonds. The number of sulfonamides is 1. The quantitative estimate of drug-likeness (QED) is 0.762. The molecule has 0 spiro atoms. The number of aliphatic hydroxyl groups is 1. The highest BCUT2D eigenvalue weighted by Gasteiger charge is 2.27. The molecule has 0 bridgehead atoms. The third-order valence-electron chi connectivity index (χ3n) is 2.21. The van der Waals surface area contributed by atoms with Gasteiger partial charge in [0.25, 0.3) is 10.0 Å². The normalized spacial score (nSPS) is 12.7. The van der Waals surface area contributed by atoms with Crippen molar-refractivity contribution < 1.29 is 13.5 Å². The molecule has 0 unspecified atom stereocenters. The van der Waals surface area contributed by atoms with Gasteiger partial charge in [0, 0.05) is 18.7 Å². The summed E-state index contributed by atoms with van der Waals surface area (Å²) in [4.78, 5) is 0. The molecule has 1 rings (SSSR count). The molecule has 1 heterocycles. The third-order valence-corrected chi connectivity index (χ3v) is 4.26. The fourth-order valence-corrected chi connectivity index (χ4v) is 2.52. The number of nitrogens with one attached hydrogen (secondary N) is 1. The van der Waals surface area contributed by atoms with E-state index in [-0.39, 0.29) is 23.2 Å². The number of hydrogen-bond donors (Lipinski definition) is 2. The summed E-state index contributed by atoms with van der Waals surface area (Å²) in [5.41, 5.74) is 0.280. The summed E-state index contributed by atoms with van der Waals surface area (Å²) in [5.74, 6) is 0. The highest BCUT2D eigenvalue weighted by atomic mass is 32.2. The first-order valence-corrected chi connectivity index (χ1v) is 5.96. The molecule has 0 aliphatic carbocycles. The van der Waals surface area contributed by atoms with Gasteiger partial charge in [0.05, 0.1) is 12.8 Å². The van der Waals surface area contributed by atoms with Gasteiger partial charge in [0.1, 0.15) is 0 Å². The minimum Gasteiger partial charge on any atom is -0.392 e. The van der Waals surface area contributed by atoms with E-state index in [9.17, 15) is 8.42 Å². The lowest BCUT2D eigenvalue weighted by Gasteiger charge is -2.20. The molecule has 0 aliphatic heterocycles. The highest BCUT2D eigenvalue weighted by Crippen LogP contribution is 2.17. The van der Waals surface area contributed by atoms with Crippen molar-refractivity contribution in [3.63, 3.8) is 0 Å². The Morgan fingerprint density at radius 1 is 1.60 bits per heavy atom. The number of hydrogen-bond acceptors (Lipinski definition) is 4. The first-order valence-electron chi connectivity index (χ1n) is 4.52. The fourth-order valence-electron chi connectivity index (χ4n) is 1.06. The standard InChI is InChI=1S/C8H15N3O3S/c1-6(2)11(3)15(13,14)8-7(5-12)4-9-10-8/h4,6,12H,5H2,1-3H3,(H,9,10). The van der Waals surface area contributed by atoms with Crippen LogP contribution in [0.25, 0.3) is 0 Å². The number of nitrogens with zero attached hydrogens (tertiary/aromatic N) is 2. The van der Waals surface area contributed by atoms with Crippen LogP contribution >= 0.6 is 0 Å². The summed E-state index contributed by atoms with van der Waals surface area (Å²) in [6, 6.07) is -0.148. The van der Waals surface area contributed by atoms with Gasteiger partial charge >= 0.3 is 0 Å². The highest BCUT2D eigenvalue weighted by molar-refractivity contribution is 7.89. The van der Waals surface area contributed by atoms with E-state index in [4.69, 9.17) is 5.11 Å². The van der Waals surface area contributed by atoms with Crippen LogP contribution in [0.15, 0.2) is 11.2 Å². The minimum atomic E-state index is -3.58. The van der Waals surface area contributed by atoms with E-state index in [0.717, 1.165) is 0 Å². The van der Waals surface area contributed by atoms with Crippen LogP contribution in [0, 0.1) is 0 Å². The summed E-state index contributed by atoms with van der Waals surface area (Å²) in [7, 11) is -2.09. The van der Waals surface area contributed by atoms with Crippen molar-refractivity contribution in [2.24, 2.45) is 0 Å². The molecule has 0 atom stereocenters. The summed E-state index contributed by atoms with van der Waals surface area (Å²) in [6.45, 7) is 3.19. The smallest absolute Gasteiger partial charge is 0.260 e. The Kier molecular flexibility index (Phi) is 3.48. The average molecular weight is 233 g/mol. The number of aliphatic hydroxyl groups excluding tert-OH is 1. The Morgan fingerprint density at radius 2 is 2.20 bits per heavy atom. The molecule has 7 heteroatoms.